The highest BCUT2D eigenvalue weighted by Gasteiger charge is 2.36. The van der Waals surface area contributed by atoms with E-state index in [2.05, 4.69) is 35.8 Å². The molecule has 22 heavy (non-hydrogen) atoms. The molecule has 0 aromatic carbocycles. The van der Waals surface area contributed by atoms with Crippen molar-refractivity contribution in [3.63, 3.8) is 0 Å². The van der Waals surface area contributed by atoms with Gasteiger partial charge in [0.25, 0.3) is 0 Å². The van der Waals surface area contributed by atoms with Crippen molar-refractivity contribution in [3.05, 3.63) is 11.9 Å². The number of rotatable bonds is 2. The highest BCUT2D eigenvalue weighted by atomic mass is 32.1. The Morgan fingerprint density at radius 3 is 2.64 bits per heavy atom. The van der Waals surface area contributed by atoms with Crippen LogP contribution in [0.5, 0.6) is 0 Å². The number of imidazole rings is 1. The van der Waals surface area contributed by atoms with Crippen LogP contribution in [-0.2, 0) is 10.2 Å². The average molecular weight is 319 g/mol. The molecule has 0 atom stereocenters. The molecule has 0 bridgehead atoms. The zero-order chi connectivity index (χ0) is 15.5. The van der Waals surface area contributed by atoms with Crippen molar-refractivity contribution < 1.29 is 4.79 Å². The summed E-state index contributed by atoms with van der Waals surface area (Å²) >= 11 is 1.56. The van der Waals surface area contributed by atoms with Crippen LogP contribution >= 0.6 is 11.3 Å². The lowest BCUT2D eigenvalue weighted by atomic mass is 9.93. The number of carbonyl (C=O) groups excluding carboxylic acids is 1. The maximum atomic E-state index is 12.2. The summed E-state index contributed by atoms with van der Waals surface area (Å²) < 4.78 is 1.85. The first kappa shape index (κ1) is 14.0. The Balaban J connectivity index is 1.54. The quantitative estimate of drug-likeness (QED) is 0.848. The lowest BCUT2D eigenvalue weighted by Crippen LogP contribution is -2.51. The van der Waals surface area contributed by atoms with E-state index in [1.165, 1.54) is 12.8 Å². The standard InChI is InChI=1S/C15H21N5OS/c1-15(2,3)11-8-20-13(16-11)22-14(17-20)18-6-7-19(10-4-5-10)12(21)9-18/h8,10H,4-7,9H2,1-3H3. The van der Waals surface area contributed by atoms with Crippen LogP contribution in [0.25, 0.3) is 4.96 Å². The van der Waals surface area contributed by atoms with E-state index in [0.29, 0.717) is 12.6 Å². The first-order valence-electron chi connectivity index (χ1n) is 7.83. The van der Waals surface area contributed by atoms with Crippen molar-refractivity contribution >= 4 is 27.3 Å². The number of fused-ring (bicyclic) bond motifs is 1. The molecule has 1 aliphatic heterocycles. The molecule has 2 aromatic heterocycles. The molecular weight excluding hydrogens is 298 g/mol. The highest BCUT2D eigenvalue weighted by Crippen LogP contribution is 2.31. The van der Waals surface area contributed by atoms with E-state index >= 15 is 0 Å². The fourth-order valence-corrected chi connectivity index (χ4v) is 3.71. The minimum absolute atomic E-state index is 0.0272. The fourth-order valence-electron chi connectivity index (χ4n) is 2.80. The molecule has 2 fully saturated rings. The number of amides is 1. The molecule has 0 radical (unpaired) electrons. The van der Waals surface area contributed by atoms with Gasteiger partial charge in [0, 0.05) is 24.5 Å². The Labute approximate surface area is 133 Å². The van der Waals surface area contributed by atoms with E-state index in [-0.39, 0.29) is 11.3 Å². The third kappa shape index (κ3) is 2.37. The van der Waals surface area contributed by atoms with Crippen LogP contribution in [0.1, 0.15) is 39.3 Å². The number of hydrogen-bond donors (Lipinski definition) is 0. The van der Waals surface area contributed by atoms with Gasteiger partial charge in [-0.1, -0.05) is 32.1 Å². The molecule has 2 aliphatic rings. The van der Waals surface area contributed by atoms with E-state index in [1.807, 2.05) is 15.6 Å². The van der Waals surface area contributed by atoms with Gasteiger partial charge in [-0.25, -0.2) is 9.50 Å². The van der Waals surface area contributed by atoms with Crippen LogP contribution in [0.2, 0.25) is 0 Å². The van der Waals surface area contributed by atoms with Crippen molar-refractivity contribution in [2.45, 2.75) is 45.1 Å². The molecule has 1 saturated carbocycles. The second-order valence-corrected chi connectivity index (χ2v) is 8.16. The van der Waals surface area contributed by atoms with Gasteiger partial charge < -0.3 is 9.80 Å². The van der Waals surface area contributed by atoms with Gasteiger partial charge in [-0.3, -0.25) is 4.79 Å². The number of nitrogens with zero attached hydrogens (tertiary/aromatic N) is 5. The van der Waals surface area contributed by atoms with Gasteiger partial charge in [-0.2, -0.15) is 0 Å². The maximum Gasteiger partial charge on any atom is 0.242 e. The Morgan fingerprint density at radius 2 is 2.05 bits per heavy atom. The van der Waals surface area contributed by atoms with Gasteiger partial charge in [-0.05, 0) is 12.8 Å². The SMILES string of the molecule is CC(C)(C)c1cn2nc(N3CCN(C4CC4)C(=O)C3)sc2n1. The summed E-state index contributed by atoms with van der Waals surface area (Å²) in [6, 6.07) is 0.512. The summed E-state index contributed by atoms with van der Waals surface area (Å²) in [5.74, 6) is 0.233. The van der Waals surface area contributed by atoms with Crippen LogP contribution in [0.15, 0.2) is 6.20 Å². The number of carbonyl (C=O) groups is 1. The van der Waals surface area contributed by atoms with Gasteiger partial charge >= 0.3 is 0 Å². The van der Waals surface area contributed by atoms with E-state index in [0.717, 1.165) is 28.9 Å². The predicted octanol–water partition coefficient (Wildman–Crippen LogP) is 1.90. The Kier molecular flexibility index (Phi) is 2.98. The van der Waals surface area contributed by atoms with Crippen LogP contribution in [0.4, 0.5) is 5.13 Å². The molecule has 0 spiro atoms. The molecule has 3 heterocycles. The third-order valence-corrected chi connectivity index (χ3v) is 5.30. The van der Waals surface area contributed by atoms with Gasteiger partial charge in [0.2, 0.25) is 16.0 Å². The summed E-state index contributed by atoms with van der Waals surface area (Å²) in [7, 11) is 0. The summed E-state index contributed by atoms with van der Waals surface area (Å²) in [6.07, 6.45) is 4.34. The van der Waals surface area contributed by atoms with Crippen molar-refractivity contribution in [3.8, 4) is 0 Å². The largest absolute Gasteiger partial charge is 0.336 e. The summed E-state index contributed by atoms with van der Waals surface area (Å²) in [5, 5.41) is 5.51. The van der Waals surface area contributed by atoms with E-state index in [4.69, 9.17) is 0 Å². The first-order chi connectivity index (χ1) is 10.4. The van der Waals surface area contributed by atoms with Crippen molar-refractivity contribution in [2.75, 3.05) is 24.5 Å². The van der Waals surface area contributed by atoms with E-state index in [9.17, 15) is 4.79 Å². The normalized spacial score (nSPS) is 20.2. The Morgan fingerprint density at radius 1 is 1.27 bits per heavy atom. The zero-order valence-corrected chi connectivity index (χ0v) is 14.1. The van der Waals surface area contributed by atoms with Gasteiger partial charge in [0.1, 0.15) is 0 Å². The van der Waals surface area contributed by atoms with E-state index in [1.54, 1.807) is 11.3 Å². The van der Waals surface area contributed by atoms with Gasteiger partial charge in [-0.15, -0.1) is 5.10 Å². The molecule has 1 amide bonds. The topological polar surface area (TPSA) is 53.7 Å². The number of piperazine rings is 1. The molecule has 0 unspecified atom stereocenters. The van der Waals surface area contributed by atoms with Crippen molar-refractivity contribution in [1.82, 2.24) is 19.5 Å². The summed E-state index contributed by atoms with van der Waals surface area (Å²) in [4.78, 5) is 21.9. The molecule has 6 nitrogen and oxygen atoms in total. The second kappa shape index (κ2) is 4.68. The number of anilines is 1. The minimum Gasteiger partial charge on any atom is -0.336 e. The van der Waals surface area contributed by atoms with Crippen LogP contribution in [0.3, 0.4) is 0 Å². The van der Waals surface area contributed by atoms with Gasteiger partial charge in [0.05, 0.1) is 18.4 Å². The average Bonchev–Trinajstić information content (AvgIpc) is 3.06. The van der Waals surface area contributed by atoms with E-state index < -0.39 is 0 Å². The molecule has 2 aromatic rings. The number of aromatic nitrogens is 3. The van der Waals surface area contributed by atoms with Crippen molar-refractivity contribution in [1.29, 1.82) is 0 Å². The highest BCUT2D eigenvalue weighted by molar-refractivity contribution is 7.20. The monoisotopic (exact) mass is 319 g/mol. The lowest BCUT2D eigenvalue weighted by molar-refractivity contribution is -0.131. The minimum atomic E-state index is 0.0272. The summed E-state index contributed by atoms with van der Waals surface area (Å²) in [6.45, 7) is 8.57. The van der Waals surface area contributed by atoms with Crippen LogP contribution < -0.4 is 4.90 Å². The molecule has 1 aliphatic carbocycles. The van der Waals surface area contributed by atoms with Crippen LogP contribution in [0, 0.1) is 0 Å². The molecule has 7 heteroatoms. The fraction of sp³-hybridized carbons (Fsp3) is 0.667. The maximum absolute atomic E-state index is 12.2. The predicted molar refractivity (Wildman–Crippen MR) is 86.5 cm³/mol. The Bertz CT molecular complexity index is 692. The molecule has 118 valence electrons. The second-order valence-electron chi connectivity index (χ2n) is 7.23. The Hall–Kier alpha value is -1.63. The number of hydrogen-bond acceptors (Lipinski definition) is 5. The molecular formula is C15H21N5OS. The van der Waals surface area contributed by atoms with Gasteiger partial charge in [0.15, 0.2) is 0 Å². The first-order valence-corrected chi connectivity index (χ1v) is 8.64. The molecule has 1 saturated heterocycles. The molecule has 0 N–H and O–H groups in total. The van der Waals surface area contributed by atoms with Crippen molar-refractivity contribution in [2.24, 2.45) is 0 Å². The zero-order valence-electron chi connectivity index (χ0n) is 13.2. The molecule has 4 rings (SSSR count). The smallest absolute Gasteiger partial charge is 0.242 e. The lowest BCUT2D eigenvalue weighted by Gasteiger charge is -2.34. The van der Waals surface area contributed by atoms with Crippen LogP contribution in [-0.4, -0.2) is 51.1 Å². The third-order valence-electron chi connectivity index (χ3n) is 4.32. The summed E-state index contributed by atoms with van der Waals surface area (Å²) in [5.41, 5.74) is 1.08.